The largest absolute Gasteiger partial charge is 0.390 e. The van der Waals surface area contributed by atoms with Crippen molar-refractivity contribution in [3.8, 4) is 0 Å². The number of hydrogen-bond donors (Lipinski definition) is 2. The maximum Gasteiger partial charge on any atom is 0.0784 e. The first-order valence-electron chi connectivity index (χ1n) is 6.56. The predicted octanol–water partition coefficient (Wildman–Crippen LogP) is 2.67. The smallest absolute Gasteiger partial charge is 0.0784 e. The molecule has 0 amide bonds. The second-order valence-corrected chi connectivity index (χ2v) is 6.48. The van der Waals surface area contributed by atoms with Gasteiger partial charge in [0.1, 0.15) is 0 Å². The van der Waals surface area contributed by atoms with E-state index in [0.717, 1.165) is 12.8 Å². The first kappa shape index (κ1) is 12.8. The molecule has 0 aromatic heterocycles. The summed E-state index contributed by atoms with van der Waals surface area (Å²) >= 11 is 0. The number of fused-ring (bicyclic) bond motifs is 1. The van der Waals surface area contributed by atoms with E-state index in [-0.39, 0.29) is 23.4 Å². The highest BCUT2D eigenvalue weighted by atomic mass is 16.3. The average Bonchev–Trinajstić information content (AvgIpc) is 2.22. The van der Waals surface area contributed by atoms with E-state index in [0.29, 0.717) is 0 Å². The highest BCUT2D eigenvalue weighted by Crippen LogP contribution is 2.49. The summed E-state index contributed by atoms with van der Waals surface area (Å²) in [7, 11) is 0. The lowest BCUT2D eigenvalue weighted by Gasteiger charge is -2.45. The molecule has 0 aromatic rings. The Morgan fingerprint density at radius 2 is 2.06 bits per heavy atom. The zero-order chi connectivity index (χ0) is 12.8. The van der Waals surface area contributed by atoms with E-state index in [1.165, 1.54) is 5.57 Å². The normalized spacial score (nSPS) is 42.0. The molecule has 0 saturated carbocycles. The van der Waals surface area contributed by atoms with E-state index < -0.39 is 5.60 Å². The average molecular weight is 236 g/mol. The van der Waals surface area contributed by atoms with Gasteiger partial charge in [0.2, 0.25) is 0 Å². The van der Waals surface area contributed by atoms with E-state index in [4.69, 9.17) is 0 Å². The van der Waals surface area contributed by atoms with Crippen LogP contribution in [0.25, 0.3) is 0 Å². The Hall–Kier alpha value is -0.600. The number of aliphatic hydroxyl groups is 2. The van der Waals surface area contributed by atoms with Crippen LogP contribution in [0.2, 0.25) is 0 Å². The fraction of sp³-hybridized carbons (Fsp3) is 0.733. The van der Waals surface area contributed by atoms with Crippen LogP contribution in [0.4, 0.5) is 0 Å². The van der Waals surface area contributed by atoms with Gasteiger partial charge in [0, 0.05) is 17.3 Å². The van der Waals surface area contributed by atoms with Crippen LogP contribution in [-0.4, -0.2) is 21.9 Å². The van der Waals surface area contributed by atoms with Gasteiger partial charge in [0.25, 0.3) is 0 Å². The summed E-state index contributed by atoms with van der Waals surface area (Å²) in [5, 5.41) is 20.1. The number of allylic oxidation sites excluding steroid dienone is 1. The van der Waals surface area contributed by atoms with Crippen LogP contribution in [0.15, 0.2) is 23.8 Å². The van der Waals surface area contributed by atoms with Gasteiger partial charge in [-0.05, 0) is 26.7 Å². The van der Waals surface area contributed by atoms with Crippen molar-refractivity contribution in [1.29, 1.82) is 0 Å². The highest BCUT2D eigenvalue weighted by molar-refractivity contribution is 5.33. The van der Waals surface area contributed by atoms with Crippen molar-refractivity contribution in [2.75, 3.05) is 0 Å². The zero-order valence-electron chi connectivity index (χ0n) is 11.3. The van der Waals surface area contributed by atoms with Gasteiger partial charge >= 0.3 is 0 Å². The maximum atomic E-state index is 10.1. The van der Waals surface area contributed by atoms with Crippen molar-refractivity contribution in [3.05, 3.63) is 23.8 Å². The minimum Gasteiger partial charge on any atom is -0.390 e. The van der Waals surface area contributed by atoms with Crippen molar-refractivity contribution >= 4 is 0 Å². The molecule has 0 fully saturated rings. The van der Waals surface area contributed by atoms with Crippen LogP contribution < -0.4 is 0 Å². The van der Waals surface area contributed by atoms with E-state index in [2.05, 4.69) is 26.0 Å². The Labute approximate surface area is 104 Å². The molecule has 2 rings (SSSR count). The van der Waals surface area contributed by atoms with E-state index in [9.17, 15) is 10.2 Å². The van der Waals surface area contributed by atoms with Crippen LogP contribution in [-0.2, 0) is 0 Å². The van der Waals surface area contributed by atoms with Gasteiger partial charge in [-0.1, -0.05) is 37.6 Å². The molecule has 0 aliphatic heterocycles. The van der Waals surface area contributed by atoms with Crippen molar-refractivity contribution in [1.82, 2.24) is 0 Å². The maximum absolute atomic E-state index is 10.1. The van der Waals surface area contributed by atoms with Gasteiger partial charge in [-0.3, -0.25) is 0 Å². The predicted molar refractivity (Wildman–Crippen MR) is 69.5 cm³/mol. The Morgan fingerprint density at radius 3 is 2.65 bits per heavy atom. The lowest BCUT2D eigenvalue weighted by atomic mass is 9.62. The SMILES string of the molecule is C[C@H]1C2=C[C@H](C(C)(C)O)CC[C@@]2(C)C=C[C@@H]1O. The van der Waals surface area contributed by atoms with Crippen molar-refractivity contribution in [2.24, 2.45) is 17.3 Å². The lowest BCUT2D eigenvalue weighted by Crippen LogP contribution is -2.39. The summed E-state index contributed by atoms with van der Waals surface area (Å²) < 4.78 is 0. The fourth-order valence-corrected chi connectivity index (χ4v) is 3.16. The number of aliphatic hydroxyl groups excluding tert-OH is 1. The molecule has 2 N–H and O–H groups in total. The fourth-order valence-electron chi connectivity index (χ4n) is 3.16. The summed E-state index contributed by atoms with van der Waals surface area (Å²) in [5.74, 6) is 0.363. The summed E-state index contributed by atoms with van der Waals surface area (Å²) in [5.41, 5.74) is 0.714. The summed E-state index contributed by atoms with van der Waals surface area (Å²) in [4.78, 5) is 0. The topological polar surface area (TPSA) is 40.5 Å². The molecule has 0 unspecified atom stereocenters. The third-order valence-corrected chi connectivity index (χ3v) is 4.59. The van der Waals surface area contributed by atoms with Crippen LogP contribution >= 0.6 is 0 Å². The van der Waals surface area contributed by atoms with Crippen molar-refractivity contribution in [2.45, 2.75) is 52.2 Å². The quantitative estimate of drug-likeness (QED) is 0.687. The van der Waals surface area contributed by atoms with E-state index >= 15 is 0 Å². The summed E-state index contributed by atoms with van der Waals surface area (Å²) in [6.45, 7) is 8.05. The van der Waals surface area contributed by atoms with Gasteiger partial charge < -0.3 is 10.2 Å². The minimum absolute atomic E-state index is 0.0837. The molecular weight excluding hydrogens is 212 g/mol. The molecule has 96 valence electrons. The van der Waals surface area contributed by atoms with Gasteiger partial charge in [-0.15, -0.1) is 0 Å². The van der Waals surface area contributed by atoms with Crippen molar-refractivity contribution in [3.63, 3.8) is 0 Å². The Morgan fingerprint density at radius 1 is 1.41 bits per heavy atom. The van der Waals surface area contributed by atoms with Gasteiger partial charge in [-0.2, -0.15) is 0 Å². The molecule has 0 radical (unpaired) electrons. The monoisotopic (exact) mass is 236 g/mol. The molecule has 2 nitrogen and oxygen atoms in total. The summed E-state index contributed by atoms with van der Waals surface area (Å²) in [6, 6.07) is 0. The van der Waals surface area contributed by atoms with Crippen LogP contribution in [0.1, 0.15) is 40.5 Å². The Balaban J connectivity index is 2.38. The molecule has 2 aliphatic carbocycles. The lowest BCUT2D eigenvalue weighted by molar-refractivity contribution is 0.0235. The molecule has 0 heterocycles. The zero-order valence-corrected chi connectivity index (χ0v) is 11.3. The third-order valence-electron chi connectivity index (χ3n) is 4.59. The minimum atomic E-state index is -0.667. The summed E-state index contributed by atoms with van der Waals surface area (Å²) in [6.07, 6.45) is 7.96. The molecule has 0 spiro atoms. The van der Waals surface area contributed by atoms with E-state index in [1.807, 2.05) is 19.9 Å². The molecule has 2 heteroatoms. The third kappa shape index (κ3) is 2.21. The Bertz CT molecular complexity index is 362. The molecule has 2 aliphatic rings. The van der Waals surface area contributed by atoms with Crippen LogP contribution in [0.3, 0.4) is 0 Å². The number of hydrogen-bond acceptors (Lipinski definition) is 2. The van der Waals surface area contributed by atoms with Crippen LogP contribution in [0, 0.1) is 17.3 Å². The van der Waals surface area contributed by atoms with Gasteiger partial charge in [0.05, 0.1) is 11.7 Å². The van der Waals surface area contributed by atoms with E-state index in [1.54, 1.807) is 0 Å². The second-order valence-electron chi connectivity index (χ2n) is 6.48. The standard InChI is InChI=1S/C15H24O2/c1-10-12-9-11(14(2,3)17)5-7-15(12,4)8-6-13(10)16/h6,8-11,13,16-17H,5,7H2,1-4H3/t10-,11+,13-,15-/m0/s1. The Kier molecular flexibility index (Phi) is 2.99. The first-order valence-corrected chi connectivity index (χ1v) is 6.56. The second kappa shape index (κ2) is 3.96. The number of rotatable bonds is 1. The molecule has 0 bridgehead atoms. The van der Waals surface area contributed by atoms with Crippen molar-refractivity contribution < 1.29 is 10.2 Å². The highest BCUT2D eigenvalue weighted by Gasteiger charge is 2.41. The first-order chi connectivity index (χ1) is 7.74. The molecule has 0 saturated heterocycles. The van der Waals surface area contributed by atoms with Gasteiger partial charge in [-0.25, -0.2) is 0 Å². The van der Waals surface area contributed by atoms with Gasteiger partial charge in [0.15, 0.2) is 0 Å². The molecular formula is C15H24O2. The van der Waals surface area contributed by atoms with Crippen LogP contribution in [0.5, 0.6) is 0 Å². The molecule has 0 aromatic carbocycles. The molecule has 17 heavy (non-hydrogen) atoms. The molecule has 4 atom stereocenters.